The van der Waals surface area contributed by atoms with E-state index >= 15 is 0 Å². The first-order chi connectivity index (χ1) is 34.3. The van der Waals surface area contributed by atoms with Crippen LogP contribution in [0.3, 0.4) is 0 Å². The number of nitrogens with one attached hydrogen (secondary N) is 3. The molecule has 0 bridgehead atoms. The number of fused-ring (bicyclic) bond motifs is 7. The summed E-state index contributed by atoms with van der Waals surface area (Å²) in [6.07, 6.45) is -2.88. The Bertz CT molecular complexity index is 3090. The number of halogens is 1. The number of hydrogen-bond donors (Lipinski definition) is 11. The molecule has 0 radical (unpaired) electrons. The molecule has 9 rings (SSSR count). The number of anilines is 1. The average molecular weight is 1100 g/mol. The smallest absolute Gasteiger partial charge is 0.340 e. The minimum Gasteiger partial charge on any atom is -0.508 e. The first-order valence-corrected chi connectivity index (χ1v) is 26.8. The van der Waals surface area contributed by atoms with Crippen LogP contribution in [0.25, 0.3) is 11.2 Å². The fourth-order valence-corrected chi connectivity index (χ4v) is 11.8. The van der Waals surface area contributed by atoms with Crippen LogP contribution < -0.4 is 20.7 Å². The molecule has 3 aliphatic heterocycles. The summed E-state index contributed by atoms with van der Waals surface area (Å²) in [7, 11) is -9.65. The number of unbranched alkanes of at least 4 members (excludes halogenated alkanes) is 3. The van der Waals surface area contributed by atoms with Crippen molar-refractivity contribution in [3.05, 3.63) is 129 Å². The summed E-state index contributed by atoms with van der Waals surface area (Å²) in [5, 5.41) is 62.0. The number of carbonyl (C=O) groups excluding carboxylic acids is 2. The van der Waals surface area contributed by atoms with E-state index < -0.39 is 64.1 Å². The molecule has 380 valence electrons. The van der Waals surface area contributed by atoms with E-state index in [0.29, 0.717) is 70.2 Å². The van der Waals surface area contributed by atoms with Crippen molar-refractivity contribution < 1.29 is 77.7 Å². The van der Waals surface area contributed by atoms with Gasteiger partial charge >= 0.3 is 15.2 Å². The van der Waals surface area contributed by atoms with Crippen molar-refractivity contribution in [3.63, 3.8) is 0 Å². The van der Waals surface area contributed by atoms with Gasteiger partial charge in [-0.2, -0.15) is 0 Å². The largest absolute Gasteiger partial charge is 0.508 e. The Hall–Kier alpha value is -5.85. The molecule has 11 N–H and O–H groups in total. The van der Waals surface area contributed by atoms with Gasteiger partial charge in [-0.15, -0.1) is 0 Å². The second-order valence-corrected chi connectivity index (χ2v) is 22.0. The number of aromatic nitrogens is 4. The predicted molar refractivity (Wildman–Crippen MR) is 257 cm³/mol. The zero-order valence-corrected chi connectivity index (χ0v) is 41.1. The van der Waals surface area contributed by atoms with Gasteiger partial charge in [0.05, 0.1) is 12.9 Å². The Balaban J connectivity index is 0.713. The summed E-state index contributed by atoms with van der Waals surface area (Å²) in [6.45, 7) is 0.367. The Morgan fingerprint density at radius 3 is 2.03 bits per heavy atom. The topological polar surface area (TPSA) is 347 Å². The molecule has 26 heteroatoms. The molecule has 0 aliphatic carbocycles. The molecular weight excluding hydrogens is 1050 g/mol. The van der Waals surface area contributed by atoms with Gasteiger partial charge in [-0.05, 0) is 82.9 Å². The quantitative estimate of drug-likeness (QED) is 0.0315. The van der Waals surface area contributed by atoms with Crippen LogP contribution in [0.5, 0.6) is 23.0 Å². The second kappa shape index (κ2) is 20.6. The fraction of sp³-hybridized carbons (Fsp3) is 0.326. The third-order valence-electron chi connectivity index (χ3n) is 12.3. The number of rotatable bonds is 18. The number of phenolic OH excluding ortho intramolecular Hbond substituents is 2. The van der Waals surface area contributed by atoms with Crippen molar-refractivity contribution >= 4 is 59.9 Å². The van der Waals surface area contributed by atoms with E-state index in [4.69, 9.17) is 28.5 Å². The second-order valence-electron chi connectivity index (χ2n) is 17.3. The lowest BCUT2D eigenvalue weighted by Gasteiger charge is -2.37. The average Bonchev–Trinajstić information content (AvgIpc) is 3.97. The molecular formula is C46H48BrN7O16P2. The van der Waals surface area contributed by atoms with Crippen molar-refractivity contribution in [2.45, 2.75) is 68.7 Å². The van der Waals surface area contributed by atoms with E-state index in [-0.39, 0.29) is 45.8 Å². The maximum absolute atomic E-state index is 13.2. The number of imidazole rings is 1. The van der Waals surface area contributed by atoms with Crippen LogP contribution in [-0.2, 0) is 35.3 Å². The SMILES string of the molecule is O=C(NCCCCCCNC(=O)c1ccc2c(c1)C(O)OC21c2ccc(O)cc2Oc2cc(O)ccc21)c1ccc(CNc2nc(Br)nc3c2ncn3[C@@H]2O[C@H](COP(=O)(O)CP(=O)(O)O)[C@H](O)C2O)cc1. The molecule has 0 saturated carbocycles. The number of aromatic hydroxyl groups is 2. The van der Waals surface area contributed by atoms with Crippen molar-refractivity contribution in [2.24, 2.45) is 0 Å². The van der Waals surface area contributed by atoms with E-state index in [1.807, 2.05) is 0 Å². The lowest BCUT2D eigenvalue weighted by molar-refractivity contribution is -0.142. The highest BCUT2D eigenvalue weighted by atomic mass is 79.9. The molecule has 3 unspecified atom stereocenters. The standard InChI is InChI=1S/C46H48BrN7O16P2/c47-45-52-39(36-40(53-45)54(22-51-36)43-38(58)37(57)35(69-43)21-67-72(65,66)23-71(62,63)64)50-20-24-5-7-25(8-6-24)41(59)48-15-3-1-2-4-16-49-42(60)26-9-12-30-29(17-26)44(61)70-46(30)31-13-10-27(55)18-33(31)68-34-19-28(56)11-14-32(34)46/h5-14,17-19,22,35,37-38,43-44,55-58,61H,1-4,15-16,20-21,23H2,(H,48,59)(H,49,60)(H,65,66)(H,50,52,53)(H2,62,63,64)/t35-,37+,38?,43-,44?/m1/s1. The summed E-state index contributed by atoms with van der Waals surface area (Å²) in [5.74, 6) is -1.17. The highest BCUT2D eigenvalue weighted by molar-refractivity contribution is 9.10. The molecule has 6 aromatic rings. The maximum Gasteiger partial charge on any atom is 0.340 e. The number of hydrogen-bond acceptors (Lipinski definition) is 17. The first kappa shape index (κ1) is 51.1. The van der Waals surface area contributed by atoms with Gasteiger partial charge < -0.3 is 74.9 Å². The monoisotopic (exact) mass is 1100 g/mol. The van der Waals surface area contributed by atoms with Crippen molar-refractivity contribution in [1.82, 2.24) is 30.2 Å². The number of benzene rings is 4. The first-order valence-electron chi connectivity index (χ1n) is 22.5. The molecule has 2 aromatic heterocycles. The van der Waals surface area contributed by atoms with Gasteiger partial charge in [-0.3, -0.25) is 23.3 Å². The predicted octanol–water partition coefficient (Wildman–Crippen LogP) is 4.71. The highest BCUT2D eigenvalue weighted by Crippen LogP contribution is 2.59. The molecule has 72 heavy (non-hydrogen) atoms. The number of carbonyl (C=O) groups is 2. The van der Waals surface area contributed by atoms with Gasteiger partial charge in [0.25, 0.3) is 11.8 Å². The van der Waals surface area contributed by atoms with E-state index in [0.717, 1.165) is 24.8 Å². The number of aliphatic hydroxyl groups is 3. The van der Waals surface area contributed by atoms with Crippen LogP contribution in [0.4, 0.5) is 5.82 Å². The summed E-state index contributed by atoms with van der Waals surface area (Å²) >= 11 is 3.27. The van der Waals surface area contributed by atoms with Gasteiger partial charge in [0.2, 0.25) is 4.73 Å². The fourth-order valence-electron chi connectivity index (χ4n) is 8.91. The van der Waals surface area contributed by atoms with Crippen molar-refractivity contribution in [3.8, 4) is 23.0 Å². The van der Waals surface area contributed by atoms with Gasteiger partial charge in [0, 0.05) is 65.1 Å². The van der Waals surface area contributed by atoms with E-state index in [2.05, 4.69) is 46.8 Å². The molecule has 3 aliphatic rings. The Kier molecular flexibility index (Phi) is 14.6. The zero-order valence-electron chi connectivity index (χ0n) is 37.7. The highest BCUT2D eigenvalue weighted by Gasteiger charge is 2.53. The molecule has 6 atom stereocenters. The molecule has 4 aromatic carbocycles. The minimum atomic E-state index is -4.89. The van der Waals surface area contributed by atoms with Crippen LogP contribution in [0.15, 0.2) is 89.9 Å². The summed E-state index contributed by atoms with van der Waals surface area (Å²) in [6, 6.07) is 21.1. The summed E-state index contributed by atoms with van der Waals surface area (Å²) < 4.78 is 47.6. The summed E-state index contributed by atoms with van der Waals surface area (Å²) in [4.78, 5) is 67.2. The third-order valence-corrected chi connectivity index (χ3v) is 16.1. The van der Waals surface area contributed by atoms with Crippen LogP contribution >= 0.6 is 31.1 Å². The maximum atomic E-state index is 13.2. The molecule has 1 saturated heterocycles. The van der Waals surface area contributed by atoms with E-state index in [9.17, 15) is 49.1 Å². The molecule has 5 heterocycles. The zero-order chi connectivity index (χ0) is 51.1. The van der Waals surface area contributed by atoms with Gasteiger partial charge in [0.15, 0.2) is 41.0 Å². The normalized spacial score (nSPS) is 20.6. The van der Waals surface area contributed by atoms with Crippen LogP contribution in [0.2, 0.25) is 0 Å². The molecule has 1 fully saturated rings. The van der Waals surface area contributed by atoms with Gasteiger partial charge in [0.1, 0.15) is 41.3 Å². The number of nitrogens with zero attached hydrogens (tertiary/aromatic N) is 4. The molecule has 2 amide bonds. The third kappa shape index (κ3) is 10.6. The van der Waals surface area contributed by atoms with Crippen LogP contribution in [0.1, 0.15) is 86.7 Å². The lowest BCUT2D eigenvalue weighted by atomic mass is 9.77. The van der Waals surface area contributed by atoms with E-state index in [1.165, 1.54) is 35.2 Å². The number of ether oxygens (including phenoxy) is 3. The van der Waals surface area contributed by atoms with Gasteiger partial charge in [-0.25, -0.2) is 15.0 Å². The van der Waals surface area contributed by atoms with Crippen LogP contribution in [0, 0.1) is 0 Å². The Labute approximate surface area is 417 Å². The Morgan fingerprint density at radius 2 is 1.39 bits per heavy atom. The van der Waals surface area contributed by atoms with Crippen molar-refractivity contribution in [2.75, 3.05) is 30.9 Å². The minimum absolute atomic E-state index is 0.0352. The number of phenols is 2. The lowest BCUT2D eigenvalue weighted by Crippen LogP contribution is -2.33. The molecule has 23 nitrogen and oxygen atoms in total. The van der Waals surface area contributed by atoms with E-state index in [1.54, 1.807) is 54.6 Å². The number of amides is 2. The van der Waals surface area contributed by atoms with Crippen molar-refractivity contribution in [1.29, 1.82) is 0 Å². The number of aliphatic hydroxyl groups excluding tert-OH is 3. The van der Waals surface area contributed by atoms with Gasteiger partial charge in [-0.1, -0.05) is 31.0 Å². The van der Waals surface area contributed by atoms with Crippen LogP contribution in [-0.4, -0.2) is 115 Å². The Morgan fingerprint density at radius 1 is 0.778 bits per heavy atom. The molecule has 1 spiro atoms. The summed E-state index contributed by atoms with van der Waals surface area (Å²) in [5.41, 5.74) is 2.80.